The van der Waals surface area contributed by atoms with Crippen LogP contribution in [0.3, 0.4) is 0 Å². The molecule has 0 N–H and O–H groups in total. The average molecular weight is 423 g/mol. The van der Waals surface area contributed by atoms with Crippen LogP contribution in [0.4, 0.5) is 13.2 Å². The smallest absolute Gasteiger partial charge is 0.256 e. The predicted molar refractivity (Wildman–Crippen MR) is 125 cm³/mol. The largest absolute Gasteiger partial charge is 0.417 e. The van der Waals surface area contributed by atoms with Crippen molar-refractivity contribution in [2.45, 2.75) is 6.18 Å². The molecule has 1 heterocycles. The van der Waals surface area contributed by atoms with Crippen molar-refractivity contribution in [1.82, 2.24) is 4.98 Å². The van der Waals surface area contributed by atoms with Gasteiger partial charge in [-0.2, -0.15) is 13.2 Å². The molecule has 32 heavy (non-hydrogen) atoms. The number of benzene rings is 5. The lowest BCUT2D eigenvalue weighted by molar-refractivity contribution is -0.136. The maximum absolute atomic E-state index is 13.9. The summed E-state index contributed by atoms with van der Waals surface area (Å²) < 4.78 is 41.6. The molecule has 0 fully saturated rings. The van der Waals surface area contributed by atoms with Crippen molar-refractivity contribution >= 4 is 43.1 Å². The molecule has 6 rings (SSSR count). The zero-order valence-electron chi connectivity index (χ0n) is 16.8. The Morgan fingerprint density at radius 2 is 1.16 bits per heavy atom. The third kappa shape index (κ3) is 2.83. The van der Waals surface area contributed by atoms with Gasteiger partial charge in [-0.15, -0.1) is 0 Å². The Morgan fingerprint density at radius 1 is 0.531 bits per heavy atom. The topological polar surface area (TPSA) is 12.9 Å². The van der Waals surface area contributed by atoms with Crippen LogP contribution in [-0.4, -0.2) is 4.98 Å². The van der Waals surface area contributed by atoms with Crippen LogP contribution >= 0.6 is 0 Å². The average Bonchev–Trinajstić information content (AvgIpc) is 2.82. The Hall–Kier alpha value is -3.92. The standard InChI is InChI=1S/C28H16F3N/c29-28(30,31)26-16-19(15-18-6-2-4-8-21(18)26)27-25-12-11-22-20-7-3-1-5-17(20)9-10-23(22)24(25)13-14-32-27/h1-16H. The summed E-state index contributed by atoms with van der Waals surface area (Å²) in [5.74, 6) is 0. The number of alkyl halides is 3. The minimum absolute atomic E-state index is 0.195. The highest BCUT2D eigenvalue weighted by molar-refractivity contribution is 6.19. The van der Waals surface area contributed by atoms with E-state index in [9.17, 15) is 13.2 Å². The first-order valence-electron chi connectivity index (χ1n) is 10.3. The molecular formula is C28H16F3N. The maximum atomic E-state index is 13.9. The maximum Gasteiger partial charge on any atom is 0.417 e. The summed E-state index contributed by atoms with van der Waals surface area (Å²) in [5, 5.41) is 7.01. The number of aromatic nitrogens is 1. The third-order valence-electron chi connectivity index (χ3n) is 6.11. The van der Waals surface area contributed by atoms with Crippen LogP contribution in [0.25, 0.3) is 54.3 Å². The summed E-state index contributed by atoms with van der Waals surface area (Å²) in [4.78, 5) is 4.51. The fourth-order valence-corrected chi connectivity index (χ4v) is 4.67. The van der Waals surface area contributed by atoms with Crippen LogP contribution in [0.15, 0.2) is 97.2 Å². The molecule has 154 valence electrons. The Kier molecular flexibility index (Phi) is 3.99. The molecular weight excluding hydrogens is 407 g/mol. The van der Waals surface area contributed by atoms with Gasteiger partial charge in [0.1, 0.15) is 0 Å². The Balaban J connectivity index is 1.68. The van der Waals surface area contributed by atoms with Gasteiger partial charge in [0.05, 0.1) is 11.3 Å². The van der Waals surface area contributed by atoms with Crippen molar-refractivity contribution in [2.75, 3.05) is 0 Å². The van der Waals surface area contributed by atoms with Gasteiger partial charge in [0.15, 0.2) is 0 Å². The van der Waals surface area contributed by atoms with Crippen LogP contribution in [0.1, 0.15) is 5.56 Å². The molecule has 0 aliphatic heterocycles. The molecule has 0 saturated heterocycles. The molecule has 0 amide bonds. The summed E-state index contributed by atoms with van der Waals surface area (Å²) in [6.45, 7) is 0. The van der Waals surface area contributed by atoms with Crippen molar-refractivity contribution in [3.05, 3.63) is 103 Å². The first-order chi connectivity index (χ1) is 15.5. The lowest BCUT2D eigenvalue weighted by Gasteiger charge is -2.15. The predicted octanol–water partition coefficient (Wildman–Crippen LogP) is 8.38. The fraction of sp³-hybridized carbons (Fsp3) is 0.0357. The molecule has 4 heteroatoms. The minimum Gasteiger partial charge on any atom is -0.256 e. The van der Waals surface area contributed by atoms with Crippen molar-refractivity contribution < 1.29 is 13.2 Å². The van der Waals surface area contributed by atoms with E-state index < -0.39 is 11.7 Å². The van der Waals surface area contributed by atoms with Gasteiger partial charge >= 0.3 is 6.18 Å². The van der Waals surface area contributed by atoms with Crippen LogP contribution < -0.4 is 0 Å². The first-order valence-corrected chi connectivity index (χ1v) is 10.3. The molecule has 1 nitrogen and oxygen atoms in total. The molecule has 5 aromatic carbocycles. The van der Waals surface area contributed by atoms with E-state index in [1.165, 1.54) is 12.1 Å². The lowest BCUT2D eigenvalue weighted by atomic mass is 9.93. The minimum atomic E-state index is -4.45. The van der Waals surface area contributed by atoms with Crippen molar-refractivity contribution in [1.29, 1.82) is 0 Å². The van der Waals surface area contributed by atoms with Gasteiger partial charge in [0.2, 0.25) is 0 Å². The summed E-state index contributed by atoms with van der Waals surface area (Å²) in [7, 11) is 0. The van der Waals surface area contributed by atoms with E-state index in [1.807, 2.05) is 30.3 Å². The van der Waals surface area contributed by atoms with E-state index in [-0.39, 0.29) is 5.39 Å². The van der Waals surface area contributed by atoms with Gasteiger partial charge in [-0.1, -0.05) is 72.8 Å². The molecule has 0 aliphatic carbocycles. The van der Waals surface area contributed by atoms with Crippen molar-refractivity contribution in [3.8, 4) is 11.3 Å². The molecule has 0 unspecified atom stereocenters. The normalized spacial score (nSPS) is 12.2. The van der Waals surface area contributed by atoms with Crippen LogP contribution in [0.2, 0.25) is 0 Å². The van der Waals surface area contributed by atoms with Gasteiger partial charge in [-0.05, 0) is 55.9 Å². The Bertz CT molecular complexity index is 1670. The molecule has 0 radical (unpaired) electrons. The zero-order chi connectivity index (χ0) is 21.9. The van der Waals surface area contributed by atoms with Gasteiger partial charge in [-0.25, -0.2) is 0 Å². The molecule has 0 aliphatic rings. The molecule has 1 aromatic heterocycles. The number of fused-ring (bicyclic) bond motifs is 6. The number of hydrogen-bond acceptors (Lipinski definition) is 1. The number of nitrogens with zero attached hydrogens (tertiary/aromatic N) is 1. The molecule has 0 saturated carbocycles. The Morgan fingerprint density at radius 3 is 1.97 bits per heavy atom. The van der Waals surface area contributed by atoms with Crippen LogP contribution in [0.5, 0.6) is 0 Å². The monoisotopic (exact) mass is 423 g/mol. The highest BCUT2D eigenvalue weighted by Gasteiger charge is 2.33. The van der Waals surface area contributed by atoms with Gasteiger partial charge in [-0.3, -0.25) is 4.98 Å². The van der Waals surface area contributed by atoms with E-state index in [2.05, 4.69) is 29.2 Å². The SMILES string of the molecule is FC(F)(F)c1cc(-c2nccc3c2ccc2c4ccccc4ccc32)cc2ccccc12. The summed E-state index contributed by atoms with van der Waals surface area (Å²) >= 11 is 0. The van der Waals surface area contributed by atoms with Crippen LogP contribution in [-0.2, 0) is 6.18 Å². The summed E-state index contributed by atoms with van der Waals surface area (Å²) in [6, 6.07) is 27.9. The summed E-state index contributed by atoms with van der Waals surface area (Å²) in [6.07, 6.45) is -2.78. The first kappa shape index (κ1) is 18.8. The molecule has 0 atom stereocenters. The number of hydrogen-bond donors (Lipinski definition) is 0. The number of halogens is 3. The lowest BCUT2D eigenvalue weighted by Crippen LogP contribution is -2.06. The zero-order valence-corrected chi connectivity index (χ0v) is 16.8. The fourth-order valence-electron chi connectivity index (χ4n) is 4.67. The van der Waals surface area contributed by atoms with Crippen molar-refractivity contribution in [3.63, 3.8) is 0 Å². The van der Waals surface area contributed by atoms with E-state index in [0.717, 1.165) is 32.3 Å². The number of rotatable bonds is 1. The van der Waals surface area contributed by atoms with E-state index in [1.54, 1.807) is 30.5 Å². The van der Waals surface area contributed by atoms with Gasteiger partial charge < -0.3 is 0 Å². The molecule has 0 bridgehead atoms. The highest BCUT2D eigenvalue weighted by atomic mass is 19.4. The van der Waals surface area contributed by atoms with Crippen LogP contribution in [0, 0.1) is 0 Å². The number of pyridine rings is 1. The second kappa shape index (κ2) is 6.79. The molecule has 6 aromatic rings. The quantitative estimate of drug-likeness (QED) is 0.242. The summed E-state index contributed by atoms with van der Waals surface area (Å²) in [5.41, 5.74) is 0.367. The highest BCUT2D eigenvalue weighted by Crippen LogP contribution is 2.40. The molecule has 0 spiro atoms. The Labute approximate surface area is 181 Å². The second-order valence-electron chi connectivity index (χ2n) is 7.94. The van der Waals surface area contributed by atoms with Gasteiger partial charge in [0.25, 0.3) is 0 Å². The van der Waals surface area contributed by atoms with Crippen molar-refractivity contribution in [2.24, 2.45) is 0 Å². The third-order valence-corrected chi connectivity index (χ3v) is 6.11. The van der Waals surface area contributed by atoms with E-state index in [4.69, 9.17) is 0 Å². The van der Waals surface area contributed by atoms with E-state index in [0.29, 0.717) is 16.6 Å². The van der Waals surface area contributed by atoms with Gasteiger partial charge in [0, 0.05) is 17.1 Å². The van der Waals surface area contributed by atoms with E-state index >= 15 is 0 Å². The second-order valence-corrected chi connectivity index (χ2v) is 7.94.